The maximum Gasteiger partial charge on any atom is 0.307 e. The van der Waals surface area contributed by atoms with Crippen molar-refractivity contribution in [2.24, 2.45) is 23.7 Å². The van der Waals surface area contributed by atoms with E-state index >= 15 is 0 Å². The lowest BCUT2D eigenvalue weighted by molar-refractivity contribution is -0.146. The summed E-state index contributed by atoms with van der Waals surface area (Å²) in [5.74, 6) is -2.25. The van der Waals surface area contributed by atoms with Gasteiger partial charge in [0, 0.05) is 5.39 Å². The molecule has 1 aromatic heterocycles. The number of hydrogen-bond donors (Lipinski definition) is 2. The van der Waals surface area contributed by atoms with Crippen LogP contribution in [0.4, 0.5) is 5.69 Å². The Morgan fingerprint density at radius 3 is 2.65 bits per heavy atom. The predicted octanol–water partition coefficient (Wildman–Crippen LogP) is 2.70. The minimum atomic E-state index is -0.890. The van der Waals surface area contributed by atoms with Gasteiger partial charge in [0.25, 0.3) is 0 Å². The fraction of sp³-hybridized carbons (Fsp3) is 0.278. The van der Waals surface area contributed by atoms with Crippen LogP contribution in [-0.2, 0) is 9.59 Å². The lowest BCUT2D eigenvalue weighted by Gasteiger charge is -2.23. The van der Waals surface area contributed by atoms with Crippen molar-refractivity contribution in [3.8, 4) is 0 Å². The molecule has 2 aliphatic rings. The highest BCUT2D eigenvalue weighted by molar-refractivity contribution is 5.97. The molecule has 116 valence electrons. The first kappa shape index (κ1) is 13.9. The van der Waals surface area contributed by atoms with E-state index in [4.69, 9.17) is 0 Å². The third-order valence-electron chi connectivity index (χ3n) is 4.91. The second-order valence-corrected chi connectivity index (χ2v) is 6.24. The van der Waals surface area contributed by atoms with Crippen molar-refractivity contribution in [1.82, 2.24) is 4.98 Å². The van der Waals surface area contributed by atoms with Crippen LogP contribution in [0.1, 0.15) is 6.42 Å². The molecule has 23 heavy (non-hydrogen) atoms. The number of nitrogens with zero attached hydrogens (tertiary/aromatic N) is 1. The summed E-state index contributed by atoms with van der Waals surface area (Å²) in [6.45, 7) is 0. The number of carboxylic acids is 1. The van der Waals surface area contributed by atoms with E-state index in [-0.39, 0.29) is 17.7 Å². The number of benzene rings is 1. The Morgan fingerprint density at radius 2 is 1.87 bits per heavy atom. The molecule has 2 aromatic rings. The number of para-hydroxylation sites is 1. The average molecular weight is 308 g/mol. The summed E-state index contributed by atoms with van der Waals surface area (Å²) in [6, 6.07) is 9.52. The van der Waals surface area contributed by atoms with Crippen molar-refractivity contribution in [1.29, 1.82) is 0 Å². The monoisotopic (exact) mass is 308 g/mol. The van der Waals surface area contributed by atoms with Crippen molar-refractivity contribution in [2.75, 3.05) is 5.32 Å². The van der Waals surface area contributed by atoms with Gasteiger partial charge in [-0.1, -0.05) is 30.4 Å². The number of carbonyl (C=O) groups excluding carboxylic acids is 1. The molecule has 4 unspecified atom stereocenters. The molecule has 1 heterocycles. The number of rotatable bonds is 3. The molecule has 4 rings (SSSR count). The van der Waals surface area contributed by atoms with Crippen LogP contribution in [0.2, 0.25) is 0 Å². The maximum absolute atomic E-state index is 12.6. The number of carbonyl (C=O) groups is 2. The Balaban J connectivity index is 1.59. The van der Waals surface area contributed by atoms with Gasteiger partial charge in [-0.3, -0.25) is 14.6 Å². The van der Waals surface area contributed by atoms with Crippen LogP contribution >= 0.6 is 0 Å². The Labute approximate surface area is 133 Å². The van der Waals surface area contributed by atoms with Gasteiger partial charge in [0.1, 0.15) is 0 Å². The highest BCUT2D eigenvalue weighted by Crippen LogP contribution is 2.48. The van der Waals surface area contributed by atoms with Gasteiger partial charge in [0.2, 0.25) is 5.91 Å². The van der Waals surface area contributed by atoms with Gasteiger partial charge in [-0.05, 0) is 30.4 Å². The molecule has 1 saturated carbocycles. The van der Waals surface area contributed by atoms with E-state index in [1.54, 1.807) is 6.20 Å². The van der Waals surface area contributed by atoms with E-state index in [0.717, 1.165) is 17.3 Å². The number of allylic oxidation sites excluding steroid dienone is 2. The van der Waals surface area contributed by atoms with Gasteiger partial charge in [-0.2, -0.15) is 0 Å². The molecule has 1 aromatic carbocycles. The van der Waals surface area contributed by atoms with E-state index in [9.17, 15) is 14.7 Å². The topological polar surface area (TPSA) is 79.3 Å². The summed E-state index contributed by atoms with van der Waals surface area (Å²) in [7, 11) is 0. The Morgan fingerprint density at radius 1 is 1.13 bits per heavy atom. The lowest BCUT2D eigenvalue weighted by Crippen LogP contribution is -2.36. The molecule has 5 heteroatoms. The van der Waals surface area contributed by atoms with Crippen molar-refractivity contribution in [3.05, 3.63) is 48.7 Å². The highest BCUT2D eigenvalue weighted by Gasteiger charge is 2.51. The van der Waals surface area contributed by atoms with E-state index < -0.39 is 17.8 Å². The number of aromatic nitrogens is 1. The number of aliphatic carboxylic acids is 1. The number of pyridine rings is 1. The van der Waals surface area contributed by atoms with E-state index in [1.807, 2.05) is 42.5 Å². The van der Waals surface area contributed by atoms with Gasteiger partial charge in [-0.25, -0.2) is 0 Å². The second-order valence-electron chi connectivity index (χ2n) is 6.24. The second kappa shape index (κ2) is 5.19. The molecular weight excluding hydrogens is 292 g/mol. The summed E-state index contributed by atoms with van der Waals surface area (Å²) in [5, 5.41) is 13.2. The number of carboxylic acid groups (broad SMARTS) is 1. The molecule has 0 aliphatic heterocycles. The largest absolute Gasteiger partial charge is 0.481 e. The molecule has 1 fully saturated rings. The minimum Gasteiger partial charge on any atom is -0.481 e. The summed E-state index contributed by atoms with van der Waals surface area (Å²) >= 11 is 0. The van der Waals surface area contributed by atoms with Crippen molar-refractivity contribution < 1.29 is 14.7 Å². The smallest absolute Gasteiger partial charge is 0.307 e. The predicted molar refractivity (Wildman–Crippen MR) is 85.7 cm³/mol. The standard InChI is InChI=1S/C18H16N2O3/c21-17(15-11-5-6-12(7-11)16(15)18(22)23)20-13-8-10-3-1-2-4-14(10)19-9-13/h1-6,8-9,11-12,15-16H,7H2,(H,20,21)(H,22,23). The van der Waals surface area contributed by atoms with Crippen LogP contribution in [0.15, 0.2) is 48.7 Å². The molecule has 0 saturated heterocycles. The van der Waals surface area contributed by atoms with Crippen LogP contribution in [0.5, 0.6) is 0 Å². The van der Waals surface area contributed by atoms with Crippen LogP contribution in [0.3, 0.4) is 0 Å². The van der Waals surface area contributed by atoms with E-state index in [1.165, 1.54) is 0 Å². The lowest BCUT2D eigenvalue weighted by atomic mass is 9.82. The molecule has 5 nitrogen and oxygen atoms in total. The highest BCUT2D eigenvalue weighted by atomic mass is 16.4. The molecule has 2 N–H and O–H groups in total. The van der Waals surface area contributed by atoms with Crippen LogP contribution in [-0.4, -0.2) is 22.0 Å². The molecule has 1 amide bonds. The zero-order valence-electron chi connectivity index (χ0n) is 12.3. The fourth-order valence-electron chi connectivity index (χ4n) is 3.88. The third kappa shape index (κ3) is 2.29. The maximum atomic E-state index is 12.6. The van der Waals surface area contributed by atoms with Gasteiger partial charge >= 0.3 is 5.97 Å². The zero-order valence-corrected chi connectivity index (χ0v) is 12.3. The minimum absolute atomic E-state index is 0.0227. The number of fused-ring (bicyclic) bond motifs is 3. The summed E-state index contributed by atoms with van der Waals surface area (Å²) in [6.07, 6.45) is 6.28. The molecule has 2 aliphatic carbocycles. The normalized spacial score (nSPS) is 28.2. The summed E-state index contributed by atoms with van der Waals surface area (Å²) < 4.78 is 0. The first-order valence-corrected chi connectivity index (χ1v) is 7.70. The van der Waals surface area contributed by atoms with Crippen LogP contribution in [0.25, 0.3) is 10.9 Å². The average Bonchev–Trinajstić information content (AvgIpc) is 3.15. The number of anilines is 1. The molecule has 0 radical (unpaired) electrons. The Bertz CT molecular complexity index is 830. The third-order valence-corrected chi connectivity index (χ3v) is 4.91. The first-order chi connectivity index (χ1) is 11.1. The van der Waals surface area contributed by atoms with E-state index in [0.29, 0.717) is 5.69 Å². The van der Waals surface area contributed by atoms with Gasteiger partial charge in [0.05, 0.1) is 29.2 Å². The quantitative estimate of drug-likeness (QED) is 0.854. The molecule has 0 spiro atoms. The van der Waals surface area contributed by atoms with Crippen molar-refractivity contribution in [3.63, 3.8) is 0 Å². The fourth-order valence-corrected chi connectivity index (χ4v) is 3.88. The zero-order chi connectivity index (χ0) is 16.0. The number of amides is 1. The number of nitrogens with one attached hydrogen (secondary N) is 1. The van der Waals surface area contributed by atoms with Gasteiger partial charge in [0.15, 0.2) is 0 Å². The SMILES string of the molecule is O=C(O)C1C2C=CC(C2)C1C(=O)Nc1cnc2ccccc2c1. The van der Waals surface area contributed by atoms with Crippen molar-refractivity contribution in [2.45, 2.75) is 6.42 Å². The Hall–Kier alpha value is -2.69. The summed E-state index contributed by atoms with van der Waals surface area (Å²) in [5.41, 5.74) is 1.46. The van der Waals surface area contributed by atoms with Gasteiger partial charge in [-0.15, -0.1) is 0 Å². The molecular formula is C18H16N2O3. The van der Waals surface area contributed by atoms with Crippen LogP contribution in [0, 0.1) is 23.7 Å². The van der Waals surface area contributed by atoms with Gasteiger partial charge < -0.3 is 10.4 Å². The number of hydrogen-bond acceptors (Lipinski definition) is 3. The summed E-state index contributed by atoms with van der Waals surface area (Å²) in [4.78, 5) is 28.4. The molecule has 2 bridgehead atoms. The Kier molecular flexibility index (Phi) is 3.15. The van der Waals surface area contributed by atoms with Crippen LogP contribution < -0.4 is 5.32 Å². The first-order valence-electron chi connectivity index (χ1n) is 7.70. The van der Waals surface area contributed by atoms with Crippen molar-refractivity contribution >= 4 is 28.5 Å². The molecule has 4 atom stereocenters. The van der Waals surface area contributed by atoms with E-state index in [2.05, 4.69) is 10.3 Å².